The fourth-order valence-electron chi connectivity index (χ4n) is 4.86. The molecule has 40 heavy (non-hydrogen) atoms. The second-order valence-electron chi connectivity index (χ2n) is 9.64. The lowest BCUT2D eigenvalue weighted by Crippen LogP contribution is -2.52. The van der Waals surface area contributed by atoms with Gasteiger partial charge in [0, 0.05) is 60.6 Å². The van der Waals surface area contributed by atoms with Crippen molar-refractivity contribution < 1.29 is 23.1 Å². The maximum absolute atomic E-state index is 15.1. The number of hydrogen-bond donors (Lipinski definition) is 2. The molecule has 8 nitrogen and oxygen atoms in total. The van der Waals surface area contributed by atoms with E-state index in [1.54, 1.807) is 30.3 Å². The SMILES string of the molecule is O=C(Nc1ccc(N2CCN(CC(O)(Cn3cncn3)c3ccc(F)cc3F)CC2)c(F)c1)c1cccc(Cl)c1. The molecule has 1 unspecified atom stereocenters. The minimum absolute atomic E-state index is 0.0419. The van der Waals surface area contributed by atoms with Gasteiger partial charge in [-0.2, -0.15) is 5.10 Å². The average molecular weight is 571 g/mol. The molecule has 0 bridgehead atoms. The molecule has 1 aliphatic heterocycles. The minimum atomic E-state index is -1.72. The quantitative estimate of drug-likeness (QED) is 0.328. The molecule has 0 radical (unpaired) electrons. The van der Waals surface area contributed by atoms with Gasteiger partial charge in [-0.1, -0.05) is 23.7 Å². The van der Waals surface area contributed by atoms with Crippen LogP contribution >= 0.6 is 11.6 Å². The summed E-state index contributed by atoms with van der Waals surface area (Å²) < 4.78 is 44.8. The number of aromatic nitrogens is 3. The molecule has 5 rings (SSSR count). The molecule has 1 aromatic heterocycles. The second kappa shape index (κ2) is 11.7. The number of nitrogens with one attached hydrogen (secondary N) is 1. The number of β-amino-alcohol motifs (C(OH)–C–C–N with tert-alkyl or cyclic N) is 1. The lowest BCUT2D eigenvalue weighted by molar-refractivity contribution is -0.0227. The predicted octanol–water partition coefficient (Wildman–Crippen LogP) is 4.31. The van der Waals surface area contributed by atoms with E-state index < -0.39 is 29.0 Å². The van der Waals surface area contributed by atoms with Gasteiger partial charge >= 0.3 is 0 Å². The van der Waals surface area contributed by atoms with Gasteiger partial charge in [-0.25, -0.2) is 22.8 Å². The zero-order valence-corrected chi connectivity index (χ0v) is 22.0. The van der Waals surface area contributed by atoms with E-state index >= 15 is 4.39 Å². The summed E-state index contributed by atoms with van der Waals surface area (Å²) in [6, 6.07) is 14.0. The number of aliphatic hydroxyl groups is 1. The van der Waals surface area contributed by atoms with Gasteiger partial charge in [-0.05, 0) is 42.5 Å². The highest BCUT2D eigenvalue weighted by molar-refractivity contribution is 6.31. The number of carbonyl (C=O) groups excluding carboxylic acids is 1. The number of hydrogen-bond acceptors (Lipinski definition) is 6. The number of rotatable bonds is 8. The summed E-state index contributed by atoms with van der Waals surface area (Å²) in [5.41, 5.74) is -0.722. The number of halogens is 4. The summed E-state index contributed by atoms with van der Waals surface area (Å²) in [5.74, 6) is -2.49. The van der Waals surface area contributed by atoms with E-state index in [4.69, 9.17) is 11.6 Å². The van der Waals surface area contributed by atoms with Crippen LogP contribution in [0.25, 0.3) is 0 Å². The first-order valence-corrected chi connectivity index (χ1v) is 12.9. The number of piperazine rings is 1. The first-order valence-electron chi connectivity index (χ1n) is 12.5. The molecule has 0 aliphatic carbocycles. The molecule has 1 atom stereocenters. The molecule has 1 saturated heterocycles. The Morgan fingerprint density at radius 2 is 1.77 bits per heavy atom. The van der Waals surface area contributed by atoms with Crippen molar-refractivity contribution in [3.8, 4) is 0 Å². The Morgan fingerprint density at radius 3 is 2.45 bits per heavy atom. The Kier molecular flexibility index (Phi) is 8.06. The van der Waals surface area contributed by atoms with Crippen molar-refractivity contribution in [2.45, 2.75) is 12.1 Å². The Morgan fingerprint density at radius 1 is 0.975 bits per heavy atom. The van der Waals surface area contributed by atoms with Crippen LogP contribution in [0.4, 0.5) is 24.5 Å². The van der Waals surface area contributed by atoms with E-state index in [0.717, 1.165) is 12.1 Å². The molecule has 4 aromatic rings. The number of nitrogens with zero attached hydrogens (tertiary/aromatic N) is 5. The van der Waals surface area contributed by atoms with Gasteiger partial charge in [0.15, 0.2) is 0 Å². The van der Waals surface area contributed by atoms with Crippen molar-refractivity contribution >= 4 is 28.9 Å². The number of anilines is 2. The topological polar surface area (TPSA) is 86.5 Å². The summed E-state index contributed by atoms with van der Waals surface area (Å²) in [6.45, 7) is 1.74. The highest BCUT2D eigenvalue weighted by atomic mass is 35.5. The molecule has 1 amide bonds. The van der Waals surface area contributed by atoms with Crippen LogP contribution in [0, 0.1) is 17.5 Å². The zero-order chi connectivity index (χ0) is 28.3. The van der Waals surface area contributed by atoms with E-state index in [1.165, 1.54) is 35.5 Å². The molecule has 3 aromatic carbocycles. The van der Waals surface area contributed by atoms with Crippen LogP contribution in [0.15, 0.2) is 73.3 Å². The Balaban J connectivity index is 1.25. The molecule has 12 heteroatoms. The number of amides is 1. The number of carbonyl (C=O) groups is 1. The van der Waals surface area contributed by atoms with Crippen LogP contribution in [-0.4, -0.2) is 63.4 Å². The standard InChI is InChI=1S/C28H26ClF3N6O2/c29-20-3-1-2-19(12-20)27(39)35-22-5-7-26(25(32)14-22)37-10-8-36(9-11-37)15-28(40,16-38-18-33-17-34-38)23-6-4-21(30)13-24(23)31/h1-7,12-14,17-18,40H,8-11,15-16H2,(H,35,39). The van der Waals surface area contributed by atoms with E-state index in [2.05, 4.69) is 15.4 Å². The van der Waals surface area contributed by atoms with Crippen LogP contribution < -0.4 is 10.2 Å². The third-order valence-electron chi connectivity index (χ3n) is 6.81. The van der Waals surface area contributed by atoms with Crippen LogP contribution in [0.2, 0.25) is 5.02 Å². The molecule has 1 aliphatic rings. The third kappa shape index (κ3) is 6.27. The van der Waals surface area contributed by atoms with Gasteiger partial charge in [-0.15, -0.1) is 0 Å². The van der Waals surface area contributed by atoms with Gasteiger partial charge in [0.25, 0.3) is 5.91 Å². The van der Waals surface area contributed by atoms with Crippen molar-refractivity contribution in [2.24, 2.45) is 0 Å². The van der Waals surface area contributed by atoms with Gasteiger partial charge in [0.2, 0.25) is 0 Å². The third-order valence-corrected chi connectivity index (χ3v) is 7.05. The van der Waals surface area contributed by atoms with Gasteiger partial charge < -0.3 is 15.3 Å². The summed E-state index contributed by atoms with van der Waals surface area (Å²) in [5, 5.41) is 18.7. The van der Waals surface area contributed by atoms with Gasteiger partial charge in [-0.3, -0.25) is 9.69 Å². The first-order chi connectivity index (χ1) is 19.2. The fraction of sp³-hybridized carbons (Fsp3) is 0.250. The van der Waals surface area contributed by atoms with Crippen molar-refractivity contribution in [1.82, 2.24) is 19.7 Å². The zero-order valence-electron chi connectivity index (χ0n) is 21.3. The number of benzene rings is 3. The summed E-state index contributed by atoms with van der Waals surface area (Å²) in [4.78, 5) is 20.2. The van der Waals surface area contributed by atoms with Crippen molar-refractivity contribution in [3.05, 3.63) is 107 Å². The molecule has 0 saturated carbocycles. The van der Waals surface area contributed by atoms with Crippen molar-refractivity contribution in [3.63, 3.8) is 0 Å². The minimum Gasteiger partial charge on any atom is -0.382 e. The highest BCUT2D eigenvalue weighted by Crippen LogP contribution is 2.30. The van der Waals surface area contributed by atoms with Crippen LogP contribution in [0.5, 0.6) is 0 Å². The highest BCUT2D eigenvalue weighted by Gasteiger charge is 2.36. The summed E-state index contributed by atoms with van der Waals surface area (Å²) >= 11 is 5.95. The van der Waals surface area contributed by atoms with Crippen LogP contribution in [0.1, 0.15) is 15.9 Å². The monoisotopic (exact) mass is 570 g/mol. The van der Waals surface area contributed by atoms with E-state index in [1.807, 2.05) is 9.80 Å². The lowest BCUT2D eigenvalue weighted by atomic mass is 9.92. The fourth-order valence-corrected chi connectivity index (χ4v) is 5.05. The largest absolute Gasteiger partial charge is 0.382 e. The first kappa shape index (κ1) is 27.6. The normalized spacial score (nSPS) is 15.6. The molecule has 208 valence electrons. The molecule has 0 spiro atoms. The van der Waals surface area contributed by atoms with Gasteiger partial charge in [0.05, 0.1) is 12.2 Å². The maximum Gasteiger partial charge on any atom is 0.255 e. The Bertz CT molecular complexity index is 1500. The van der Waals surface area contributed by atoms with Crippen molar-refractivity contribution in [1.29, 1.82) is 0 Å². The maximum atomic E-state index is 15.1. The van der Waals surface area contributed by atoms with Gasteiger partial charge in [0.1, 0.15) is 35.7 Å². The molecule has 1 fully saturated rings. The predicted molar refractivity (Wildman–Crippen MR) is 145 cm³/mol. The Labute approximate surface area is 233 Å². The average Bonchev–Trinajstić information content (AvgIpc) is 3.42. The van der Waals surface area contributed by atoms with E-state index in [-0.39, 0.29) is 18.7 Å². The second-order valence-corrected chi connectivity index (χ2v) is 10.1. The molecular formula is C28H26ClF3N6O2. The Hall–Kier alpha value is -3.93. The molecule has 2 heterocycles. The summed E-state index contributed by atoms with van der Waals surface area (Å²) in [7, 11) is 0. The molecule has 2 N–H and O–H groups in total. The summed E-state index contributed by atoms with van der Waals surface area (Å²) in [6.07, 6.45) is 2.72. The molecular weight excluding hydrogens is 545 g/mol. The smallest absolute Gasteiger partial charge is 0.255 e. The van der Waals surface area contributed by atoms with E-state index in [0.29, 0.717) is 48.1 Å². The van der Waals surface area contributed by atoms with E-state index in [9.17, 15) is 18.7 Å². The lowest BCUT2D eigenvalue weighted by Gasteiger charge is -2.40. The van der Waals surface area contributed by atoms with Crippen LogP contribution in [-0.2, 0) is 12.1 Å². The van der Waals surface area contributed by atoms with Crippen LogP contribution in [0.3, 0.4) is 0 Å². The van der Waals surface area contributed by atoms with Crippen molar-refractivity contribution in [2.75, 3.05) is 42.9 Å².